The van der Waals surface area contributed by atoms with Gasteiger partial charge in [0.1, 0.15) is 0 Å². The first-order valence-electron chi connectivity index (χ1n) is 7.13. The summed E-state index contributed by atoms with van der Waals surface area (Å²) in [5.74, 6) is 0.579. The van der Waals surface area contributed by atoms with Crippen LogP contribution >= 0.6 is 0 Å². The number of nitrogens with zero attached hydrogens (tertiary/aromatic N) is 1. The summed E-state index contributed by atoms with van der Waals surface area (Å²) in [4.78, 5) is 10.6. The second-order valence-electron chi connectivity index (χ2n) is 6.01. The lowest BCUT2D eigenvalue weighted by Gasteiger charge is -2.34. The van der Waals surface area contributed by atoms with Crippen molar-refractivity contribution in [2.45, 2.75) is 46.3 Å². The molecule has 1 aromatic rings. The zero-order valence-electron chi connectivity index (χ0n) is 13.3. The van der Waals surface area contributed by atoms with Gasteiger partial charge in [-0.15, -0.1) is 0 Å². The topological polar surface area (TPSA) is 90.4 Å². The Morgan fingerprint density at radius 3 is 2.43 bits per heavy atom. The van der Waals surface area contributed by atoms with E-state index >= 15 is 0 Å². The van der Waals surface area contributed by atoms with Crippen molar-refractivity contribution in [2.24, 2.45) is 11.7 Å². The van der Waals surface area contributed by atoms with E-state index in [4.69, 9.17) is 10.5 Å². The van der Waals surface area contributed by atoms with Crippen molar-refractivity contribution in [1.82, 2.24) is 0 Å². The van der Waals surface area contributed by atoms with Crippen molar-refractivity contribution in [2.75, 3.05) is 11.9 Å². The Labute approximate surface area is 125 Å². The minimum Gasteiger partial charge on any atom is -0.484 e. The van der Waals surface area contributed by atoms with Crippen LogP contribution < -0.4 is 15.8 Å². The minimum absolute atomic E-state index is 0.0340. The number of nitrogens with one attached hydrogen (secondary N) is 1. The largest absolute Gasteiger partial charge is 0.484 e. The van der Waals surface area contributed by atoms with Crippen LogP contribution in [0.2, 0.25) is 0 Å². The van der Waals surface area contributed by atoms with Crippen molar-refractivity contribution in [3.8, 4) is 5.75 Å². The van der Waals surface area contributed by atoms with E-state index in [2.05, 4.69) is 19.2 Å². The molecule has 0 bridgehead atoms. The van der Waals surface area contributed by atoms with Crippen LogP contribution in [-0.4, -0.2) is 23.1 Å². The van der Waals surface area contributed by atoms with E-state index in [1.165, 1.54) is 6.07 Å². The maximum Gasteiger partial charge on any atom is 0.311 e. The third kappa shape index (κ3) is 4.32. The predicted molar refractivity (Wildman–Crippen MR) is 84.8 cm³/mol. The molecule has 0 saturated heterocycles. The average Bonchev–Trinajstić information content (AvgIpc) is 2.37. The highest BCUT2D eigenvalue weighted by molar-refractivity contribution is 5.59. The number of nitro benzene ring substituents is 1. The summed E-state index contributed by atoms with van der Waals surface area (Å²) in [5.41, 5.74) is 6.29. The van der Waals surface area contributed by atoms with Crippen molar-refractivity contribution in [3.63, 3.8) is 0 Å². The molecule has 0 spiro atoms. The van der Waals surface area contributed by atoms with Gasteiger partial charge in [-0.3, -0.25) is 10.1 Å². The smallest absolute Gasteiger partial charge is 0.311 e. The van der Waals surface area contributed by atoms with E-state index in [1.54, 1.807) is 12.1 Å². The Kier molecular flexibility index (Phi) is 5.54. The SMILES string of the molecule is CC(C)Oc1cc(NC(C)(CN)C(C)C)ccc1[N+](=O)[O-]. The summed E-state index contributed by atoms with van der Waals surface area (Å²) in [5, 5.41) is 14.4. The van der Waals surface area contributed by atoms with Gasteiger partial charge in [0.15, 0.2) is 5.75 Å². The van der Waals surface area contributed by atoms with Crippen LogP contribution in [0.15, 0.2) is 18.2 Å². The van der Waals surface area contributed by atoms with E-state index in [0.29, 0.717) is 12.5 Å². The third-order valence-corrected chi connectivity index (χ3v) is 3.65. The van der Waals surface area contributed by atoms with Gasteiger partial charge in [-0.2, -0.15) is 0 Å². The van der Waals surface area contributed by atoms with Crippen molar-refractivity contribution < 1.29 is 9.66 Å². The fourth-order valence-electron chi connectivity index (χ4n) is 1.85. The summed E-state index contributed by atoms with van der Waals surface area (Å²) in [6.07, 6.45) is -0.134. The highest BCUT2D eigenvalue weighted by atomic mass is 16.6. The van der Waals surface area contributed by atoms with Crippen LogP contribution in [0, 0.1) is 16.0 Å². The van der Waals surface area contributed by atoms with E-state index in [0.717, 1.165) is 5.69 Å². The quantitative estimate of drug-likeness (QED) is 0.595. The average molecular weight is 295 g/mol. The van der Waals surface area contributed by atoms with E-state index in [-0.39, 0.29) is 23.1 Å². The van der Waals surface area contributed by atoms with Gasteiger partial charge >= 0.3 is 5.69 Å². The van der Waals surface area contributed by atoms with Crippen LogP contribution in [0.4, 0.5) is 11.4 Å². The van der Waals surface area contributed by atoms with Crippen LogP contribution in [0.3, 0.4) is 0 Å². The number of nitrogens with two attached hydrogens (primary N) is 1. The molecular formula is C15H25N3O3. The first-order chi connectivity index (χ1) is 9.69. The Bertz CT molecular complexity index is 503. The molecule has 21 heavy (non-hydrogen) atoms. The zero-order valence-corrected chi connectivity index (χ0v) is 13.3. The van der Waals surface area contributed by atoms with Gasteiger partial charge in [0.2, 0.25) is 0 Å². The molecule has 6 nitrogen and oxygen atoms in total. The highest BCUT2D eigenvalue weighted by Gasteiger charge is 2.27. The van der Waals surface area contributed by atoms with Gasteiger partial charge in [-0.25, -0.2) is 0 Å². The van der Waals surface area contributed by atoms with E-state index < -0.39 is 4.92 Å². The van der Waals surface area contributed by atoms with Crippen molar-refractivity contribution in [1.29, 1.82) is 0 Å². The molecule has 0 amide bonds. The van der Waals surface area contributed by atoms with Gasteiger partial charge < -0.3 is 15.8 Å². The first kappa shape index (κ1) is 17.2. The zero-order chi connectivity index (χ0) is 16.2. The highest BCUT2D eigenvalue weighted by Crippen LogP contribution is 2.32. The molecule has 1 atom stereocenters. The molecule has 0 aliphatic carbocycles. The minimum atomic E-state index is -0.438. The van der Waals surface area contributed by atoms with E-state index in [1.807, 2.05) is 20.8 Å². The lowest BCUT2D eigenvalue weighted by atomic mass is 9.88. The molecule has 0 saturated carbocycles. The number of hydrogen-bond donors (Lipinski definition) is 2. The predicted octanol–water partition coefficient (Wildman–Crippen LogP) is 3.17. The normalized spacial score (nSPS) is 14.1. The number of nitro groups is 1. The Morgan fingerprint density at radius 2 is 2.00 bits per heavy atom. The van der Waals surface area contributed by atoms with E-state index in [9.17, 15) is 10.1 Å². The summed E-state index contributed by atoms with van der Waals surface area (Å²) in [6.45, 7) is 10.3. The number of ether oxygens (including phenoxy) is 1. The summed E-state index contributed by atoms with van der Waals surface area (Å²) >= 11 is 0. The molecular weight excluding hydrogens is 270 g/mol. The second-order valence-corrected chi connectivity index (χ2v) is 6.01. The molecule has 3 N–H and O–H groups in total. The standard InChI is InChI=1S/C15H25N3O3/c1-10(2)15(5,9-16)17-12-6-7-13(18(19)20)14(8-12)21-11(3)4/h6-8,10-11,17H,9,16H2,1-5H3. The molecule has 118 valence electrons. The van der Waals surface area contributed by atoms with Crippen LogP contribution in [0.1, 0.15) is 34.6 Å². The van der Waals surface area contributed by atoms with Gasteiger partial charge in [0.05, 0.1) is 11.0 Å². The summed E-state index contributed by atoms with van der Waals surface area (Å²) < 4.78 is 5.54. The second kappa shape index (κ2) is 6.76. The van der Waals surface area contributed by atoms with Crippen molar-refractivity contribution >= 4 is 11.4 Å². The fourth-order valence-corrected chi connectivity index (χ4v) is 1.85. The van der Waals surface area contributed by atoms with Gasteiger partial charge in [-0.05, 0) is 32.8 Å². The Hall–Kier alpha value is -1.82. The van der Waals surface area contributed by atoms with Crippen molar-refractivity contribution in [3.05, 3.63) is 28.3 Å². The third-order valence-electron chi connectivity index (χ3n) is 3.65. The summed E-state index contributed by atoms with van der Waals surface area (Å²) in [7, 11) is 0. The first-order valence-corrected chi connectivity index (χ1v) is 7.13. The van der Waals surface area contributed by atoms with Gasteiger partial charge in [-0.1, -0.05) is 13.8 Å². The lowest BCUT2D eigenvalue weighted by Crippen LogP contribution is -2.47. The Balaban J connectivity index is 3.13. The molecule has 0 heterocycles. The molecule has 6 heteroatoms. The van der Waals surface area contributed by atoms with Crippen LogP contribution in [0.25, 0.3) is 0 Å². The molecule has 1 unspecified atom stereocenters. The monoisotopic (exact) mass is 295 g/mol. The van der Waals surface area contributed by atoms with Crippen LogP contribution in [-0.2, 0) is 0 Å². The molecule has 0 aliphatic heterocycles. The molecule has 0 aliphatic rings. The number of rotatable bonds is 7. The van der Waals surface area contributed by atoms with Gasteiger partial charge in [0.25, 0.3) is 0 Å². The summed E-state index contributed by atoms with van der Waals surface area (Å²) in [6, 6.07) is 4.80. The number of anilines is 1. The maximum atomic E-state index is 11.0. The maximum absolute atomic E-state index is 11.0. The number of benzene rings is 1. The Morgan fingerprint density at radius 1 is 1.38 bits per heavy atom. The van der Waals surface area contributed by atoms with Gasteiger partial charge in [0, 0.05) is 29.9 Å². The molecule has 0 aromatic heterocycles. The number of hydrogen-bond acceptors (Lipinski definition) is 5. The molecule has 1 aromatic carbocycles. The molecule has 0 fully saturated rings. The fraction of sp³-hybridized carbons (Fsp3) is 0.600. The lowest BCUT2D eigenvalue weighted by molar-refractivity contribution is -0.386. The van der Waals surface area contributed by atoms with Crippen LogP contribution in [0.5, 0.6) is 5.75 Å². The molecule has 1 rings (SSSR count). The molecule has 0 radical (unpaired) electrons.